The molecule has 0 bridgehead atoms. The van der Waals surface area contributed by atoms with Gasteiger partial charge in [-0.15, -0.1) is 0 Å². The Morgan fingerprint density at radius 3 is 2.64 bits per heavy atom. The molecule has 0 radical (unpaired) electrons. The van der Waals surface area contributed by atoms with E-state index in [4.69, 9.17) is 4.74 Å². The number of phenols is 1. The monoisotopic (exact) mass is 347 g/mol. The highest BCUT2D eigenvalue weighted by atomic mass is 16.5. The third kappa shape index (κ3) is 7.42. The van der Waals surface area contributed by atoms with Gasteiger partial charge in [0.25, 0.3) is 0 Å². The molecule has 1 atom stereocenters. The summed E-state index contributed by atoms with van der Waals surface area (Å²) in [5.74, 6) is -0.0814. The number of hydrogen-bond donors (Lipinski definition) is 2. The second-order valence-electron chi connectivity index (χ2n) is 6.49. The lowest BCUT2D eigenvalue weighted by molar-refractivity contribution is -0.133. The minimum Gasteiger partial charge on any atom is -0.504 e. The molecule has 0 saturated carbocycles. The lowest BCUT2D eigenvalue weighted by Crippen LogP contribution is -2.34. The summed E-state index contributed by atoms with van der Waals surface area (Å²) in [5, 5.41) is 12.4. The van der Waals surface area contributed by atoms with Crippen LogP contribution in [0.1, 0.15) is 45.6 Å². The normalized spacial score (nSPS) is 12.4. The fraction of sp³-hybridized carbons (Fsp3) is 0.500. The first-order chi connectivity index (χ1) is 11.8. The van der Waals surface area contributed by atoms with Crippen LogP contribution in [0, 0.1) is 11.8 Å². The fourth-order valence-electron chi connectivity index (χ4n) is 2.47. The summed E-state index contributed by atoms with van der Waals surface area (Å²) in [6.07, 6.45) is 6.43. The van der Waals surface area contributed by atoms with Gasteiger partial charge in [-0.1, -0.05) is 32.1 Å². The van der Waals surface area contributed by atoms with Gasteiger partial charge in [0.15, 0.2) is 11.5 Å². The molecule has 1 amide bonds. The summed E-state index contributed by atoms with van der Waals surface area (Å²) in [4.78, 5) is 24.1. The Bertz CT molecular complexity index is 608. The maximum Gasteiger partial charge on any atom is 0.230 e. The van der Waals surface area contributed by atoms with Crippen molar-refractivity contribution in [2.45, 2.75) is 46.6 Å². The van der Waals surface area contributed by atoms with Gasteiger partial charge in [0.1, 0.15) is 5.78 Å². The summed E-state index contributed by atoms with van der Waals surface area (Å²) < 4.78 is 5.05. The van der Waals surface area contributed by atoms with Crippen molar-refractivity contribution in [3.05, 3.63) is 35.9 Å². The Morgan fingerprint density at radius 1 is 1.32 bits per heavy atom. The lowest BCUT2D eigenvalue weighted by atomic mass is 9.96. The molecule has 0 heterocycles. The number of carbonyl (C=O) groups is 2. The fourth-order valence-corrected chi connectivity index (χ4v) is 2.47. The van der Waals surface area contributed by atoms with E-state index in [0.29, 0.717) is 18.1 Å². The van der Waals surface area contributed by atoms with E-state index in [9.17, 15) is 14.7 Å². The Labute approximate surface area is 150 Å². The number of ketones is 1. The quantitative estimate of drug-likeness (QED) is 0.385. The van der Waals surface area contributed by atoms with Crippen molar-refractivity contribution in [2.75, 3.05) is 7.11 Å². The average molecular weight is 347 g/mol. The van der Waals surface area contributed by atoms with Crippen molar-refractivity contribution in [3.8, 4) is 11.5 Å². The molecular weight excluding hydrogens is 318 g/mol. The van der Waals surface area contributed by atoms with E-state index < -0.39 is 5.92 Å². The molecule has 1 aromatic rings. The van der Waals surface area contributed by atoms with Crippen LogP contribution in [-0.4, -0.2) is 23.9 Å². The summed E-state index contributed by atoms with van der Waals surface area (Å²) in [6, 6.07) is 4.89. The number of carbonyl (C=O) groups excluding carboxylic acids is 2. The first-order valence-corrected chi connectivity index (χ1v) is 8.65. The van der Waals surface area contributed by atoms with Gasteiger partial charge >= 0.3 is 0 Å². The molecule has 0 fully saturated rings. The highest BCUT2D eigenvalue weighted by molar-refractivity contribution is 6.00. The van der Waals surface area contributed by atoms with E-state index in [1.807, 2.05) is 0 Å². The number of hydrogen-bond acceptors (Lipinski definition) is 4. The van der Waals surface area contributed by atoms with Crippen molar-refractivity contribution < 1.29 is 19.4 Å². The van der Waals surface area contributed by atoms with E-state index in [1.165, 1.54) is 20.1 Å². The van der Waals surface area contributed by atoms with E-state index >= 15 is 0 Å². The van der Waals surface area contributed by atoms with Gasteiger partial charge in [0.2, 0.25) is 5.91 Å². The number of aromatic hydroxyl groups is 1. The van der Waals surface area contributed by atoms with Gasteiger partial charge in [-0.3, -0.25) is 9.59 Å². The summed E-state index contributed by atoms with van der Waals surface area (Å²) in [5.41, 5.74) is 0.796. The number of phenolic OH excluding ortho intramolecular Hbond substituents is 1. The van der Waals surface area contributed by atoms with Gasteiger partial charge < -0.3 is 15.2 Å². The number of rotatable bonds is 10. The first-order valence-electron chi connectivity index (χ1n) is 8.65. The number of benzene rings is 1. The van der Waals surface area contributed by atoms with Gasteiger partial charge in [-0.25, -0.2) is 0 Å². The number of Topliss-reactive ketones (excluding diaryl/α,β-unsaturated/α-hetero) is 1. The molecule has 0 saturated heterocycles. The average Bonchev–Trinajstić information content (AvgIpc) is 2.56. The summed E-state index contributed by atoms with van der Waals surface area (Å²) >= 11 is 0. The number of ether oxygens (including phenoxy) is 1. The van der Waals surface area contributed by atoms with E-state index in [1.54, 1.807) is 12.1 Å². The molecule has 0 aliphatic heterocycles. The Balaban J connectivity index is 2.54. The number of methoxy groups -OCH3 is 1. The summed E-state index contributed by atoms with van der Waals surface area (Å²) in [7, 11) is 1.47. The van der Waals surface area contributed by atoms with Crippen LogP contribution in [-0.2, 0) is 16.1 Å². The van der Waals surface area contributed by atoms with Crippen molar-refractivity contribution >= 4 is 11.7 Å². The van der Waals surface area contributed by atoms with Crippen LogP contribution in [0.25, 0.3) is 0 Å². The molecule has 2 N–H and O–H groups in total. The number of allylic oxidation sites excluding steroid dienone is 2. The lowest BCUT2D eigenvalue weighted by Gasteiger charge is -2.14. The Hall–Kier alpha value is -2.30. The standard InChI is InChI=1S/C20H29NO4/c1-14(2)8-6-5-7-9-17(15(3)22)20(24)21-13-16-10-11-18(23)19(12-16)25-4/h6,8,10-12,14,17,23H,5,7,9,13H2,1-4H3,(H,21,24)/b8-6+. The number of unbranched alkanes of at least 4 members (excludes halogenated alkanes) is 1. The zero-order chi connectivity index (χ0) is 18.8. The van der Waals surface area contributed by atoms with Crippen molar-refractivity contribution in [1.29, 1.82) is 0 Å². The second-order valence-corrected chi connectivity index (χ2v) is 6.49. The molecule has 5 nitrogen and oxygen atoms in total. The van der Waals surface area contributed by atoms with Crippen molar-refractivity contribution in [3.63, 3.8) is 0 Å². The number of amides is 1. The molecule has 1 rings (SSSR count). The molecule has 25 heavy (non-hydrogen) atoms. The third-order valence-corrected chi connectivity index (χ3v) is 3.90. The molecule has 0 aromatic heterocycles. The minimum atomic E-state index is -0.619. The molecule has 138 valence electrons. The second kappa shape index (κ2) is 10.5. The SMILES string of the molecule is COc1cc(CNC(=O)C(CCC/C=C/C(C)C)C(C)=O)ccc1O. The topological polar surface area (TPSA) is 75.6 Å². The summed E-state index contributed by atoms with van der Waals surface area (Å²) in [6.45, 7) is 5.96. The van der Waals surface area contributed by atoms with Gasteiger partial charge in [0, 0.05) is 6.54 Å². The van der Waals surface area contributed by atoms with Crippen LogP contribution in [0.4, 0.5) is 0 Å². The smallest absolute Gasteiger partial charge is 0.230 e. The van der Waals surface area contributed by atoms with E-state index in [-0.39, 0.29) is 24.0 Å². The highest BCUT2D eigenvalue weighted by Gasteiger charge is 2.22. The minimum absolute atomic E-state index is 0.0497. The van der Waals surface area contributed by atoms with Crippen molar-refractivity contribution in [2.24, 2.45) is 11.8 Å². The zero-order valence-corrected chi connectivity index (χ0v) is 15.5. The first kappa shape index (κ1) is 20.7. The van der Waals surface area contributed by atoms with Crippen LogP contribution in [0.3, 0.4) is 0 Å². The van der Waals surface area contributed by atoms with E-state index in [0.717, 1.165) is 18.4 Å². The van der Waals surface area contributed by atoms with Crippen molar-refractivity contribution in [1.82, 2.24) is 5.32 Å². The Kier molecular flexibility index (Phi) is 8.75. The maximum absolute atomic E-state index is 12.3. The molecule has 0 spiro atoms. The molecule has 0 aliphatic rings. The maximum atomic E-state index is 12.3. The van der Waals surface area contributed by atoms with Gasteiger partial charge in [-0.2, -0.15) is 0 Å². The molecular formula is C20H29NO4. The molecule has 1 aromatic carbocycles. The predicted molar refractivity (Wildman–Crippen MR) is 98.5 cm³/mol. The molecule has 0 aliphatic carbocycles. The van der Waals surface area contributed by atoms with E-state index in [2.05, 4.69) is 31.3 Å². The van der Waals surface area contributed by atoms with Crippen LogP contribution < -0.4 is 10.1 Å². The van der Waals surface area contributed by atoms with Crippen LogP contribution >= 0.6 is 0 Å². The van der Waals surface area contributed by atoms with Gasteiger partial charge in [-0.05, 0) is 49.8 Å². The molecule has 1 unspecified atom stereocenters. The van der Waals surface area contributed by atoms with Gasteiger partial charge in [0.05, 0.1) is 13.0 Å². The van der Waals surface area contributed by atoms with Crippen LogP contribution in [0.2, 0.25) is 0 Å². The van der Waals surface area contributed by atoms with Crippen LogP contribution in [0.5, 0.6) is 11.5 Å². The van der Waals surface area contributed by atoms with Crippen LogP contribution in [0.15, 0.2) is 30.4 Å². The number of nitrogens with one attached hydrogen (secondary N) is 1. The zero-order valence-electron chi connectivity index (χ0n) is 15.5. The largest absolute Gasteiger partial charge is 0.504 e. The molecule has 5 heteroatoms. The predicted octanol–water partition coefficient (Wildman–Crippen LogP) is 3.60. The highest BCUT2D eigenvalue weighted by Crippen LogP contribution is 2.26. The third-order valence-electron chi connectivity index (χ3n) is 3.90. The Morgan fingerprint density at radius 2 is 2.04 bits per heavy atom.